The Morgan fingerprint density at radius 1 is 0.949 bits per heavy atom. The van der Waals surface area contributed by atoms with E-state index in [4.69, 9.17) is 14.2 Å². The molecule has 1 fully saturated rings. The lowest BCUT2D eigenvalue weighted by atomic mass is 10.1. The van der Waals surface area contributed by atoms with Crippen molar-refractivity contribution >= 4 is 15.9 Å². The van der Waals surface area contributed by atoms with Crippen LogP contribution in [0.25, 0.3) is 0 Å². The van der Waals surface area contributed by atoms with Gasteiger partial charge in [-0.3, -0.25) is 9.69 Å². The Balaban J connectivity index is 1.29. The fourth-order valence-electron chi connectivity index (χ4n) is 4.92. The van der Waals surface area contributed by atoms with Crippen LogP contribution in [0.4, 0.5) is 0 Å². The first-order valence-electron chi connectivity index (χ1n) is 12.9. The molecule has 206 valence electrons. The number of nitrogens with one attached hydrogen (secondary N) is 1. The van der Waals surface area contributed by atoms with Gasteiger partial charge in [0.15, 0.2) is 11.5 Å². The first-order valence-corrected chi connectivity index (χ1v) is 14.4. The molecule has 3 aromatic rings. The van der Waals surface area contributed by atoms with Crippen molar-refractivity contribution in [1.82, 2.24) is 14.5 Å². The minimum Gasteiger partial charge on any atom is -0.495 e. The molecule has 0 aromatic heterocycles. The Morgan fingerprint density at radius 2 is 1.69 bits per heavy atom. The van der Waals surface area contributed by atoms with Crippen LogP contribution in [0.5, 0.6) is 17.2 Å². The molecule has 1 N–H and O–H groups in total. The smallest absolute Gasteiger partial charge is 0.244 e. The lowest BCUT2D eigenvalue weighted by Gasteiger charge is -2.36. The third kappa shape index (κ3) is 6.35. The molecule has 0 spiro atoms. The minimum absolute atomic E-state index is 0.0180. The van der Waals surface area contributed by atoms with Crippen molar-refractivity contribution in [3.63, 3.8) is 0 Å². The topological polar surface area (TPSA) is 97.4 Å². The van der Waals surface area contributed by atoms with Gasteiger partial charge in [0, 0.05) is 32.7 Å². The number of hydrogen-bond donors (Lipinski definition) is 1. The van der Waals surface area contributed by atoms with Crippen molar-refractivity contribution in [1.29, 1.82) is 0 Å². The Hall–Kier alpha value is -3.60. The average molecular weight is 552 g/mol. The van der Waals surface area contributed by atoms with Gasteiger partial charge in [-0.05, 0) is 54.3 Å². The molecule has 2 aliphatic heterocycles. The summed E-state index contributed by atoms with van der Waals surface area (Å²) in [5.41, 5.74) is 2.76. The molecule has 2 aliphatic rings. The molecule has 1 unspecified atom stereocenters. The summed E-state index contributed by atoms with van der Waals surface area (Å²) in [6.07, 6.45) is 0.241. The lowest BCUT2D eigenvalue weighted by Crippen LogP contribution is -2.55. The summed E-state index contributed by atoms with van der Waals surface area (Å²) in [6.45, 7) is 5.14. The summed E-state index contributed by atoms with van der Waals surface area (Å²) in [6, 6.07) is 19.4. The van der Waals surface area contributed by atoms with E-state index in [1.165, 1.54) is 7.11 Å². The third-order valence-electron chi connectivity index (χ3n) is 7.01. The van der Waals surface area contributed by atoms with E-state index in [0.717, 1.165) is 34.7 Å². The van der Waals surface area contributed by atoms with E-state index in [9.17, 15) is 13.2 Å². The molecule has 0 saturated carbocycles. The number of ether oxygens (including phenoxy) is 3. The number of carbonyl (C=O) groups excluding carboxylic acids is 1. The van der Waals surface area contributed by atoms with Crippen molar-refractivity contribution in [3.8, 4) is 17.2 Å². The van der Waals surface area contributed by atoms with Gasteiger partial charge in [0.25, 0.3) is 0 Å². The highest BCUT2D eigenvalue weighted by Crippen LogP contribution is 2.33. The fourth-order valence-corrected chi connectivity index (χ4v) is 6.36. The van der Waals surface area contributed by atoms with E-state index in [2.05, 4.69) is 9.62 Å². The first-order chi connectivity index (χ1) is 18.8. The number of aryl methyl sites for hydroxylation is 1. The number of nitrogens with zero attached hydrogens (tertiary/aromatic N) is 2. The maximum atomic E-state index is 13.7. The molecule has 0 aliphatic carbocycles. The van der Waals surface area contributed by atoms with Gasteiger partial charge in [-0.1, -0.05) is 42.5 Å². The SMILES string of the molecule is COc1ccc(C)cc1S(=O)(=O)NC(Cc1ccccc1)C(=O)N1CCN(Cc2ccc3c(c2)OCO3)CC1. The van der Waals surface area contributed by atoms with Gasteiger partial charge in [0.05, 0.1) is 7.11 Å². The van der Waals surface area contributed by atoms with E-state index in [1.54, 1.807) is 23.1 Å². The lowest BCUT2D eigenvalue weighted by molar-refractivity contribution is -0.134. The molecule has 5 rings (SSSR count). The van der Waals surface area contributed by atoms with Crippen LogP contribution in [0, 0.1) is 6.92 Å². The van der Waals surface area contributed by atoms with E-state index in [0.29, 0.717) is 26.2 Å². The van der Waals surface area contributed by atoms with Gasteiger partial charge in [0.1, 0.15) is 16.7 Å². The second kappa shape index (κ2) is 11.6. The standard InChI is InChI=1S/C29H33N3O6S/c1-21-8-10-26(36-2)28(16-21)39(34,35)30-24(17-22-6-4-3-5-7-22)29(33)32-14-12-31(13-15-32)19-23-9-11-25-27(18-23)38-20-37-25/h3-11,16,18,24,30H,12-15,17,19-20H2,1-2H3. The maximum absolute atomic E-state index is 13.7. The second-order valence-electron chi connectivity index (χ2n) is 9.81. The molecule has 1 saturated heterocycles. The predicted octanol–water partition coefficient (Wildman–Crippen LogP) is 2.97. The largest absolute Gasteiger partial charge is 0.495 e. The molecule has 3 aromatic carbocycles. The molecule has 2 heterocycles. The van der Waals surface area contributed by atoms with Gasteiger partial charge in [-0.2, -0.15) is 4.72 Å². The molecule has 39 heavy (non-hydrogen) atoms. The van der Waals surface area contributed by atoms with Crippen LogP contribution in [0.15, 0.2) is 71.6 Å². The molecule has 9 nitrogen and oxygen atoms in total. The molecule has 0 radical (unpaired) electrons. The number of amides is 1. The van der Waals surface area contributed by atoms with Crippen LogP contribution in [-0.2, 0) is 27.8 Å². The minimum atomic E-state index is -4.04. The Kier molecular flexibility index (Phi) is 8.06. The van der Waals surface area contributed by atoms with Gasteiger partial charge < -0.3 is 19.1 Å². The molecular formula is C29H33N3O6S. The quantitative estimate of drug-likeness (QED) is 0.437. The maximum Gasteiger partial charge on any atom is 0.244 e. The number of rotatable bonds is 9. The number of methoxy groups -OCH3 is 1. The van der Waals surface area contributed by atoms with Crippen molar-refractivity contribution in [3.05, 3.63) is 83.4 Å². The molecule has 10 heteroatoms. The van der Waals surface area contributed by atoms with E-state index < -0.39 is 16.1 Å². The molecular weight excluding hydrogens is 518 g/mol. The third-order valence-corrected chi connectivity index (χ3v) is 8.51. The zero-order valence-electron chi connectivity index (χ0n) is 22.1. The highest BCUT2D eigenvalue weighted by molar-refractivity contribution is 7.89. The van der Waals surface area contributed by atoms with E-state index >= 15 is 0 Å². The molecule has 1 amide bonds. The number of piperazine rings is 1. The van der Waals surface area contributed by atoms with Gasteiger partial charge in [-0.15, -0.1) is 0 Å². The monoisotopic (exact) mass is 551 g/mol. The molecule has 0 bridgehead atoms. The van der Waals surface area contributed by atoms with Gasteiger partial charge in [0.2, 0.25) is 22.7 Å². The van der Waals surface area contributed by atoms with E-state index in [1.807, 2.05) is 55.5 Å². The van der Waals surface area contributed by atoms with Crippen LogP contribution in [0.1, 0.15) is 16.7 Å². The highest BCUT2D eigenvalue weighted by atomic mass is 32.2. The van der Waals surface area contributed by atoms with Crippen LogP contribution in [0.2, 0.25) is 0 Å². The second-order valence-corrected chi connectivity index (χ2v) is 11.5. The highest BCUT2D eigenvalue weighted by Gasteiger charge is 2.32. The number of benzene rings is 3. The zero-order chi connectivity index (χ0) is 27.4. The first kappa shape index (κ1) is 27.0. The average Bonchev–Trinajstić information content (AvgIpc) is 3.41. The number of hydrogen-bond acceptors (Lipinski definition) is 7. The van der Waals surface area contributed by atoms with Crippen molar-refractivity contribution in [2.75, 3.05) is 40.1 Å². The van der Waals surface area contributed by atoms with Crippen molar-refractivity contribution in [2.45, 2.75) is 30.8 Å². The van der Waals surface area contributed by atoms with Crippen LogP contribution in [-0.4, -0.2) is 70.2 Å². The van der Waals surface area contributed by atoms with Crippen LogP contribution >= 0.6 is 0 Å². The van der Waals surface area contributed by atoms with Crippen molar-refractivity contribution in [2.24, 2.45) is 0 Å². The summed E-state index contributed by atoms with van der Waals surface area (Å²) >= 11 is 0. The summed E-state index contributed by atoms with van der Waals surface area (Å²) in [5, 5.41) is 0. The number of sulfonamides is 1. The summed E-state index contributed by atoms with van der Waals surface area (Å²) in [7, 11) is -2.61. The Bertz CT molecular complexity index is 1420. The molecule has 1 atom stereocenters. The van der Waals surface area contributed by atoms with Gasteiger partial charge in [-0.25, -0.2) is 8.42 Å². The number of fused-ring (bicyclic) bond motifs is 1. The van der Waals surface area contributed by atoms with Crippen LogP contribution in [0.3, 0.4) is 0 Å². The Labute approximate surface area is 229 Å². The predicted molar refractivity (Wildman–Crippen MR) is 146 cm³/mol. The van der Waals surface area contributed by atoms with Crippen molar-refractivity contribution < 1.29 is 27.4 Å². The summed E-state index contributed by atoms with van der Waals surface area (Å²) < 4.78 is 45.9. The number of carbonyl (C=O) groups is 1. The normalized spacial score (nSPS) is 16.2. The fraction of sp³-hybridized carbons (Fsp3) is 0.345. The van der Waals surface area contributed by atoms with Crippen LogP contribution < -0.4 is 18.9 Å². The van der Waals surface area contributed by atoms with Gasteiger partial charge >= 0.3 is 0 Å². The summed E-state index contributed by atoms with van der Waals surface area (Å²) in [4.78, 5) is 17.8. The Morgan fingerprint density at radius 3 is 2.44 bits per heavy atom. The summed E-state index contributed by atoms with van der Waals surface area (Å²) in [5.74, 6) is 1.50. The zero-order valence-corrected chi connectivity index (χ0v) is 22.9. The van der Waals surface area contributed by atoms with E-state index in [-0.39, 0.29) is 29.8 Å².